The van der Waals surface area contributed by atoms with E-state index in [0.29, 0.717) is 12.0 Å². The zero-order chi connectivity index (χ0) is 11.8. The van der Waals surface area contributed by atoms with Gasteiger partial charge in [-0.15, -0.1) is 0 Å². The highest BCUT2D eigenvalue weighted by Crippen LogP contribution is 2.21. The number of rotatable bonds is 7. The summed E-state index contributed by atoms with van der Waals surface area (Å²) >= 11 is 0. The maximum Gasteiger partial charge on any atom is 0.0445 e. The molecule has 1 rings (SSSR count). The molecule has 2 atom stereocenters. The summed E-state index contributed by atoms with van der Waals surface area (Å²) in [7, 11) is 0. The van der Waals surface area contributed by atoms with Crippen LogP contribution in [0.25, 0.3) is 0 Å². The van der Waals surface area contributed by atoms with Crippen LogP contribution < -0.4 is 5.32 Å². The molecule has 2 nitrogen and oxygen atoms in total. The Morgan fingerprint density at radius 1 is 1.25 bits per heavy atom. The van der Waals surface area contributed by atoms with Crippen molar-refractivity contribution in [1.29, 1.82) is 0 Å². The van der Waals surface area contributed by atoms with E-state index in [1.807, 2.05) is 6.07 Å². The standard InChI is InChI=1S/C14H23NO/c1-3-15-14(9-10-16)11-12(2)13-7-5-4-6-8-13/h4-8,12,14-16H,3,9-11H2,1-2H3. The van der Waals surface area contributed by atoms with Crippen LogP contribution in [0.5, 0.6) is 0 Å². The molecule has 90 valence electrons. The summed E-state index contributed by atoms with van der Waals surface area (Å²) in [6, 6.07) is 11.0. The Bertz CT molecular complexity index is 267. The van der Waals surface area contributed by atoms with Gasteiger partial charge in [0, 0.05) is 12.6 Å². The molecule has 0 fully saturated rings. The number of benzene rings is 1. The molecular formula is C14H23NO. The van der Waals surface area contributed by atoms with E-state index in [9.17, 15) is 0 Å². The van der Waals surface area contributed by atoms with Gasteiger partial charge in [0.05, 0.1) is 0 Å². The van der Waals surface area contributed by atoms with Crippen molar-refractivity contribution in [3.63, 3.8) is 0 Å². The molecule has 2 heteroatoms. The van der Waals surface area contributed by atoms with Crippen LogP contribution >= 0.6 is 0 Å². The van der Waals surface area contributed by atoms with Crippen LogP contribution in [0.4, 0.5) is 0 Å². The Labute approximate surface area is 98.7 Å². The number of aliphatic hydroxyl groups is 1. The summed E-state index contributed by atoms with van der Waals surface area (Å²) in [5, 5.41) is 12.4. The van der Waals surface area contributed by atoms with Crippen molar-refractivity contribution in [2.75, 3.05) is 13.2 Å². The molecule has 0 aliphatic carbocycles. The Kier molecular flexibility index (Phi) is 6.12. The predicted molar refractivity (Wildman–Crippen MR) is 68.6 cm³/mol. The van der Waals surface area contributed by atoms with Gasteiger partial charge in [0.2, 0.25) is 0 Å². The molecule has 0 saturated carbocycles. The smallest absolute Gasteiger partial charge is 0.0445 e. The van der Waals surface area contributed by atoms with Crippen molar-refractivity contribution >= 4 is 0 Å². The maximum atomic E-state index is 9.01. The predicted octanol–water partition coefficient (Wildman–Crippen LogP) is 2.54. The van der Waals surface area contributed by atoms with Gasteiger partial charge in [-0.3, -0.25) is 0 Å². The summed E-state index contributed by atoms with van der Waals surface area (Å²) < 4.78 is 0. The first-order valence-corrected chi connectivity index (χ1v) is 6.17. The normalized spacial score (nSPS) is 14.7. The zero-order valence-electron chi connectivity index (χ0n) is 10.3. The lowest BCUT2D eigenvalue weighted by Crippen LogP contribution is -2.31. The molecule has 0 saturated heterocycles. The Morgan fingerprint density at radius 3 is 2.50 bits per heavy atom. The van der Waals surface area contributed by atoms with Gasteiger partial charge in [-0.2, -0.15) is 0 Å². The van der Waals surface area contributed by atoms with Gasteiger partial charge in [-0.25, -0.2) is 0 Å². The van der Waals surface area contributed by atoms with E-state index in [0.717, 1.165) is 19.4 Å². The first-order chi connectivity index (χ1) is 7.77. The van der Waals surface area contributed by atoms with E-state index in [1.165, 1.54) is 5.56 Å². The molecule has 0 amide bonds. The van der Waals surface area contributed by atoms with Gasteiger partial charge < -0.3 is 10.4 Å². The van der Waals surface area contributed by atoms with Crippen molar-refractivity contribution in [1.82, 2.24) is 5.32 Å². The third-order valence-electron chi connectivity index (χ3n) is 2.98. The highest BCUT2D eigenvalue weighted by molar-refractivity contribution is 5.18. The highest BCUT2D eigenvalue weighted by Gasteiger charge is 2.12. The third-order valence-corrected chi connectivity index (χ3v) is 2.98. The Morgan fingerprint density at radius 2 is 1.94 bits per heavy atom. The van der Waals surface area contributed by atoms with Crippen molar-refractivity contribution in [3.05, 3.63) is 35.9 Å². The van der Waals surface area contributed by atoms with Crippen molar-refractivity contribution in [2.45, 2.75) is 38.6 Å². The van der Waals surface area contributed by atoms with E-state index in [4.69, 9.17) is 5.11 Å². The van der Waals surface area contributed by atoms with Crippen LogP contribution in [0.15, 0.2) is 30.3 Å². The molecule has 2 N–H and O–H groups in total. The second kappa shape index (κ2) is 7.42. The topological polar surface area (TPSA) is 32.3 Å². The van der Waals surface area contributed by atoms with Gasteiger partial charge in [0.25, 0.3) is 0 Å². The fraction of sp³-hybridized carbons (Fsp3) is 0.571. The summed E-state index contributed by atoms with van der Waals surface area (Å²) in [5.41, 5.74) is 1.38. The molecule has 0 aromatic heterocycles. The van der Waals surface area contributed by atoms with Crippen LogP contribution in [-0.4, -0.2) is 24.3 Å². The molecule has 0 spiro atoms. The monoisotopic (exact) mass is 221 g/mol. The van der Waals surface area contributed by atoms with Crippen LogP contribution in [0.3, 0.4) is 0 Å². The minimum absolute atomic E-state index is 0.263. The highest BCUT2D eigenvalue weighted by atomic mass is 16.3. The number of aliphatic hydroxyl groups excluding tert-OH is 1. The molecule has 2 unspecified atom stereocenters. The van der Waals surface area contributed by atoms with E-state index >= 15 is 0 Å². The fourth-order valence-corrected chi connectivity index (χ4v) is 2.09. The lowest BCUT2D eigenvalue weighted by molar-refractivity contribution is 0.258. The van der Waals surface area contributed by atoms with Crippen LogP contribution in [-0.2, 0) is 0 Å². The number of hydrogen-bond donors (Lipinski definition) is 2. The van der Waals surface area contributed by atoms with Crippen LogP contribution in [0.2, 0.25) is 0 Å². The molecule has 0 aliphatic heterocycles. The molecule has 0 aliphatic rings. The molecule has 16 heavy (non-hydrogen) atoms. The largest absolute Gasteiger partial charge is 0.396 e. The van der Waals surface area contributed by atoms with Gasteiger partial charge in [0.1, 0.15) is 0 Å². The second-order valence-electron chi connectivity index (χ2n) is 4.31. The molecule has 1 aromatic carbocycles. The van der Waals surface area contributed by atoms with E-state index in [2.05, 4.69) is 43.4 Å². The second-order valence-corrected chi connectivity index (χ2v) is 4.31. The minimum atomic E-state index is 0.263. The van der Waals surface area contributed by atoms with Crippen molar-refractivity contribution < 1.29 is 5.11 Å². The van der Waals surface area contributed by atoms with Crippen molar-refractivity contribution in [3.8, 4) is 0 Å². The SMILES string of the molecule is CCNC(CCO)CC(C)c1ccccc1. The zero-order valence-corrected chi connectivity index (χ0v) is 10.3. The first-order valence-electron chi connectivity index (χ1n) is 6.17. The molecule has 0 heterocycles. The Hall–Kier alpha value is -0.860. The fourth-order valence-electron chi connectivity index (χ4n) is 2.09. The number of hydrogen-bond acceptors (Lipinski definition) is 2. The number of nitrogens with one attached hydrogen (secondary N) is 1. The van der Waals surface area contributed by atoms with Crippen LogP contribution in [0, 0.1) is 0 Å². The average Bonchev–Trinajstić information content (AvgIpc) is 2.31. The minimum Gasteiger partial charge on any atom is -0.396 e. The van der Waals surface area contributed by atoms with E-state index in [1.54, 1.807) is 0 Å². The summed E-state index contributed by atoms with van der Waals surface area (Å²) in [6.07, 6.45) is 1.92. The molecule has 0 radical (unpaired) electrons. The van der Waals surface area contributed by atoms with Gasteiger partial charge in [-0.05, 0) is 30.9 Å². The van der Waals surface area contributed by atoms with Crippen molar-refractivity contribution in [2.24, 2.45) is 0 Å². The quantitative estimate of drug-likeness (QED) is 0.741. The molecule has 1 aromatic rings. The van der Waals surface area contributed by atoms with Gasteiger partial charge >= 0.3 is 0 Å². The maximum absolute atomic E-state index is 9.01. The summed E-state index contributed by atoms with van der Waals surface area (Å²) in [4.78, 5) is 0. The molecule has 0 bridgehead atoms. The molecular weight excluding hydrogens is 198 g/mol. The first kappa shape index (κ1) is 13.2. The summed E-state index contributed by atoms with van der Waals surface area (Å²) in [6.45, 7) is 5.58. The summed E-state index contributed by atoms with van der Waals surface area (Å²) in [5.74, 6) is 0.539. The van der Waals surface area contributed by atoms with Gasteiger partial charge in [0.15, 0.2) is 0 Å². The van der Waals surface area contributed by atoms with E-state index in [-0.39, 0.29) is 6.61 Å². The lowest BCUT2D eigenvalue weighted by atomic mass is 9.93. The van der Waals surface area contributed by atoms with E-state index < -0.39 is 0 Å². The van der Waals surface area contributed by atoms with Gasteiger partial charge in [-0.1, -0.05) is 44.2 Å². The third kappa shape index (κ3) is 4.33. The Balaban J connectivity index is 2.50. The average molecular weight is 221 g/mol. The van der Waals surface area contributed by atoms with Crippen LogP contribution in [0.1, 0.15) is 38.2 Å². The lowest BCUT2D eigenvalue weighted by Gasteiger charge is -2.21.